The lowest BCUT2D eigenvalue weighted by atomic mass is 10.5. The Bertz CT molecular complexity index is 99.2. The first kappa shape index (κ1) is 9.11. The molecule has 0 bridgehead atoms. The zero-order valence-corrected chi connectivity index (χ0v) is 6.33. The fraction of sp³-hybridized carbons (Fsp3) is 0.375. The number of aromatic nitrogens is 1. The van der Waals surface area contributed by atoms with Crippen molar-refractivity contribution in [3.05, 3.63) is 30.6 Å². The monoisotopic (exact) mass is 138 g/mol. The summed E-state index contributed by atoms with van der Waals surface area (Å²) in [5.41, 5.74) is 5.03. The molecule has 56 valence electrons. The Morgan fingerprint density at radius 1 is 1.20 bits per heavy atom. The van der Waals surface area contributed by atoms with Crippen molar-refractivity contribution in [2.45, 2.75) is 13.3 Å². The molecule has 0 aliphatic rings. The maximum Gasteiger partial charge on any atom is 0.0267 e. The van der Waals surface area contributed by atoms with Crippen molar-refractivity contribution in [1.82, 2.24) is 4.98 Å². The highest BCUT2D eigenvalue weighted by Crippen LogP contribution is 1.73. The first-order valence-electron chi connectivity index (χ1n) is 3.47. The van der Waals surface area contributed by atoms with Crippen molar-refractivity contribution in [3.8, 4) is 0 Å². The van der Waals surface area contributed by atoms with Crippen LogP contribution in [0, 0.1) is 0 Å². The minimum Gasteiger partial charge on any atom is -0.330 e. The maximum atomic E-state index is 5.03. The Kier molecular flexibility index (Phi) is 7.39. The Morgan fingerprint density at radius 2 is 1.70 bits per heavy atom. The van der Waals surface area contributed by atoms with E-state index in [2.05, 4.69) is 11.9 Å². The lowest BCUT2D eigenvalue weighted by molar-refractivity contribution is 0.932. The number of pyridine rings is 1. The number of hydrogen-bond donors (Lipinski definition) is 1. The maximum absolute atomic E-state index is 5.03. The normalized spacial score (nSPS) is 7.80. The smallest absolute Gasteiger partial charge is 0.0267 e. The summed E-state index contributed by atoms with van der Waals surface area (Å²) in [5, 5.41) is 0. The summed E-state index contributed by atoms with van der Waals surface area (Å²) in [6.45, 7) is 2.88. The van der Waals surface area contributed by atoms with E-state index in [0.29, 0.717) is 0 Å². The van der Waals surface area contributed by atoms with Gasteiger partial charge in [0, 0.05) is 12.4 Å². The fourth-order valence-corrected chi connectivity index (χ4v) is 0.313. The van der Waals surface area contributed by atoms with Crippen LogP contribution in [0.4, 0.5) is 0 Å². The average Bonchev–Trinajstić information content (AvgIpc) is 2.08. The summed E-state index contributed by atoms with van der Waals surface area (Å²) < 4.78 is 0. The van der Waals surface area contributed by atoms with Crippen LogP contribution in [0.25, 0.3) is 0 Å². The molecule has 1 aromatic rings. The molecular formula is C8H14N2. The molecule has 0 fully saturated rings. The minimum absolute atomic E-state index is 0.819. The third kappa shape index (κ3) is 7.11. The SMILES string of the molecule is CCCN.c1ccncc1. The second kappa shape index (κ2) is 8.11. The van der Waals surface area contributed by atoms with Crippen molar-refractivity contribution in [3.63, 3.8) is 0 Å². The quantitative estimate of drug-likeness (QED) is 0.637. The molecule has 1 rings (SSSR count). The van der Waals surface area contributed by atoms with Crippen LogP contribution < -0.4 is 5.73 Å². The summed E-state index contributed by atoms with van der Waals surface area (Å²) >= 11 is 0. The molecule has 0 atom stereocenters. The zero-order chi connectivity index (χ0) is 7.66. The van der Waals surface area contributed by atoms with Gasteiger partial charge in [0.15, 0.2) is 0 Å². The van der Waals surface area contributed by atoms with Crippen molar-refractivity contribution < 1.29 is 0 Å². The van der Waals surface area contributed by atoms with E-state index >= 15 is 0 Å². The van der Waals surface area contributed by atoms with Crippen molar-refractivity contribution in [2.75, 3.05) is 6.54 Å². The van der Waals surface area contributed by atoms with Gasteiger partial charge in [0.25, 0.3) is 0 Å². The van der Waals surface area contributed by atoms with Gasteiger partial charge in [-0.05, 0) is 25.1 Å². The number of rotatable bonds is 1. The van der Waals surface area contributed by atoms with Crippen LogP contribution in [-0.4, -0.2) is 11.5 Å². The van der Waals surface area contributed by atoms with Crippen molar-refractivity contribution >= 4 is 0 Å². The molecule has 0 aromatic carbocycles. The zero-order valence-electron chi connectivity index (χ0n) is 6.33. The van der Waals surface area contributed by atoms with Gasteiger partial charge in [-0.2, -0.15) is 0 Å². The molecule has 2 heteroatoms. The number of nitrogens with zero attached hydrogens (tertiary/aromatic N) is 1. The summed E-state index contributed by atoms with van der Waals surface area (Å²) in [7, 11) is 0. The van der Waals surface area contributed by atoms with Crippen LogP contribution in [0.3, 0.4) is 0 Å². The highest BCUT2D eigenvalue weighted by molar-refractivity contribution is 4.88. The second-order valence-electron chi connectivity index (χ2n) is 1.81. The van der Waals surface area contributed by atoms with Gasteiger partial charge in [0.1, 0.15) is 0 Å². The summed E-state index contributed by atoms with van der Waals surface area (Å²) in [4.78, 5) is 3.78. The van der Waals surface area contributed by atoms with E-state index in [1.54, 1.807) is 12.4 Å². The van der Waals surface area contributed by atoms with Gasteiger partial charge < -0.3 is 5.73 Å². The van der Waals surface area contributed by atoms with Gasteiger partial charge in [-0.1, -0.05) is 13.0 Å². The van der Waals surface area contributed by atoms with Gasteiger partial charge in [0.2, 0.25) is 0 Å². The third-order valence-electron chi connectivity index (χ3n) is 0.855. The summed E-state index contributed by atoms with van der Waals surface area (Å²) in [6, 6.07) is 5.72. The third-order valence-corrected chi connectivity index (χ3v) is 0.855. The second-order valence-corrected chi connectivity index (χ2v) is 1.81. The van der Waals surface area contributed by atoms with E-state index in [1.807, 2.05) is 18.2 Å². The largest absolute Gasteiger partial charge is 0.330 e. The van der Waals surface area contributed by atoms with Gasteiger partial charge in [-0.25, -0.2) is 0 Å². The molecule has 1 heterocycles. The van der Waals surface area contributed by atoms with E-state index in [1.165, 1.54) is 0 Å². The Balaban J connectivity index is 0.000000180. The molecule has 10 heavy (non-hydrogen) atoms. The molecule has 0 spiro atoms. The van der Waals surface area contributed by atoms with E-state index in [-0.39, 0.29) is 0 Å². The van der Waals surface area contributed by atoms with Crippen LogP contribution in [0.15, 0.2) is 30.6 Å². The first-order valence-corrected chi connectivity index (χ1v) is 3.47. The molecule has 0 aliphatic heterocycles. The predicted octanol–water partition coefficient (Wildman–Crippen LogP) is 1.44. The average molecular weight is 138 g/mol. The molecule has 2 N–H and O–H groups in total. The van der Waals surface area contributed by atoms with Gasteiger partial charge in [-0.15, -0.1) is 0 Å². The molecule has 0 unspecified atom stereocenters. The van der Waals surface area contributed by atoms with Crippen molar-refractivity contribution in [2.24, 2.45) is 5.73 Å². The Labute approximate surface area is 62.1 Å². The van der Waals surface area contributed by atoms with Gasteiger partial charge >= 0.3 is 0 Å². The number of hydrogen-bond acceptors (Lipinski definition) is 2. The highest BCUT2D eigenvalue weighted by atomic mass is 14.6. The summed E-state index contributed by atoms with van der Waals surface area (Å²) in [5.74, 6) is 0. The van der Waals surface area contributed by atoms with E-state index < -0.39 is 0 Å². The van der Waals surface area contributed by atoms with Gasteiger partial charge in [-0.3, -0.25) is 4.98 Å². The predicted molar refractivity (Wildman–Crippen MR) is 43.6 cm³/mol. The molecule has 0 aliphatic carbocycles. The molecule has 0 saturated carbocycles. The van der Waals surface area contributed by atoms with E-state index in [9.17, 15) is 0 Å². The van der Waals surface area contributed by atoms with E-state index in [0.717, 1.165) is 13.0 Å². The van der Waals surface area contributed by atoms with Crippen molar-refractivity contribution in [1.29, 1.82) is 0 Å². The molecule has 1 aromatic heterocycles. The van der Waals surface area contributed by atoms with E-state index in [4.69, 9.17) is 5.73 Å². The molecule has 0 amide bonds. The fourth-order valence-electron chi connectivity index (χ4n) is 0.313. The van der Waals surface area contributed by atoms with Crippen LogP contribution in [0.2, 0.25) is 0 Å². The standard InChI is InChI=1S/C5H5N.C3H9N/c1-2-4-6-5-3-1;1-2-3-4/h1-5H;2-4H2,1H3. The topological polar surface area (TPSA) is 38.9 Å². The van der Waals surface area contributed by atoms with Gasteiger partial charge in [0.05, 0.1) is 0 Å². The van der Waals surface area contributed by atoms with Crippen LogP contribution >= 0.6 is 0 Å². The number of nitrogens with two attached hydrogens (primary N) is 1. The Hall–Kier alpha value is -0.890. The highest BCUT2D eigenvalue weighted by Gasteiger charge is 1.58. The Morgan fingerprint density at radius 3 is 1.80 bits per heavy atom. The molecule has 0 saturated heterocycles. The molecule has 0 radical (unpaired) electrons. The molecular weight excluding hydrogens is 124 g/mol. The lowest BCUT2D eigenvalue weighted by Gasteiger charge is -1.70. The van der Waals surface area contributed by atoms with Crippen LogP contribution in [0.5, 0.6) is 0 Å². The molecule has 2 nitrogen and oxygen atoms in total. The van der Waals surface area contributed by atoms with Crippen LogP contribution in [-0.2, 0) is 0 Å². The minimum atomic E-state index is 0.819. The summed E-state index contributed by atoms with van der Waals surface area (Å²) in [6.07, 6.45) is 4.60. The first-order chi connectivity index (χ1) is 4.91. The lowest BCUT2D eigenvalue weighted by Crippen LogP contribution is -1.93. The van der Waals surface area contributed by atoms with Crippen LogP contribution in [0.1, 0.15) is 13.3 Å².